The maximum absolute atomic E-state index is 12.1. The number of carbonyl (C=O) groups is 2. The second-order valence-electron chi connectivity index (χ2n) is 3.99. The highest BCUT2D eigenvalue weighted by Crippen LogP contribution is 2.35. The molecule has 1 unspecified atom stereocenters. The van der Waals surface area contributed by atoms with E-state index in [-0.39, 0.29) is 12.5 Å². The lowest BCUT2D eigenvalue weighted by molar-refractivity contribution is -0.141. The molecule has 6 heteroatoms. The summed E-state index contributed by atoms with van der Waals surface area (Å²) in [6, 6.07) is 6.11. The van der Waals surface area contributed by atoms with Gasteiger partial charge in [0, 0.05) is 11.1 Å². The molecule has 0 radical (unpaired) electrons. The zero-order valence-corrected chi connectivity index (χ0v) is 10.5. The SMILES string of the molecule is COC(=O)CN1C(=O)c2ccc(OC)cc2C1C#N. The summed E-state index contributed by atoms with van der Waals surface area (Å²) < 4.78 is 9.60. The van der Waals surface area contributed by atoms with Crippen LogP contribution in [0, 0.1) is 11.3 Å². The Balaban J connectivity index is 2.40. The van der Waals surface area contributed by atoms with Gasteiger partial charge in [-0.15, -0.1) is 0 Å². The van der Waals surface area contributed by atoms with E-state index in [9.17, 15) is 14.9 Å². The van der Waals surface area contributed by atoms with Crippen LogP contribution in [0.25, 0.3) is 0 Å². The van der Waals surface area contributed by atoms with Crippen LogP contribution < -0.4 is 4.74 Å². The smallest absolute Gasteiger partial charge is 0.325 e. The first-order valence-corrected chi connectivity index (χ1v) is 5.57. The Hall–Kier alpha value is -2.55. The summed E-state index contributed by atoms with van der Waals surface area (Å²) >= 11 is 0. The predicted octanol–water partition coefficient (Wildman–Crippen LogP) is 0.889. The van der Waals surface area contributed by atoms with Crippen LogP contribution in [0.5, 0.6) is 5.75 Å². The Morgan fingerprint density at radius 2 is 2.21 bits per heavy atom. The maximum Gasteiger partial charge on any atom is 0.325 e. The lowest BCUT2D eigenvalue weighted by Crippen LogP contribution is -2.33. The van der Waals surface area contributed by atoms with E-state index in [2.05, 4.69) is 4.74 Å². The molecule has 1 aromatic carbocycles. The number of amides is 1. The van der Waals surface area contributed by atoms with Crippen molar-refractivity contribution in [1.82, 2.24) is 4.90 Å². The van der Waals surface area contributed by atoms with Crippen molar-refractivity contribution in [2.75, 3.05) is 20.8 Å². The highest BCUT2D eigenvalue weighted by Gasteiger charge is 2.38. The third-order valence-electron chi connectivity index (χ3n) is 3.01. The average Bonchev–Trinajstić information content (AvgIpc) is 2.70. The molecule has 0 spiro atoms. The first kappa shape index (κ1) is 12.9. The van der Waals surface area contributed by atoms with Crippen molar-refractivity contribution in [3.63, 3.8) is 0 Å². The van der Waals surface area contributed by atoms with Gasteiger partial charge in [0.15, 0.2) is 0 Å². The van der Waals surface area contributed by atoms with Gasteiger partial charge >= 0.3 is 5.97 Å². The third-order valence-corrected chi connectivity index (χ3v) is 3.01. The molecule has 1 aliphatic rings. The predicted molar refractivity (Wildman–Crippen MR) is 64.4 cm³/mol. The summed E-state index contributed by atoms with van der Waals surface area (Å²) in [4.78, 5) is 24.6. The van der Waals surface area contributed by atoms with Gasteiger partial charge in [0.25, 0.3) is 5.91 Å². The highest BCUT2D eigenvalue weighted by atomic mass is 16.5. The van der Waals surface area contributed by atoms with Crippen LogP contribution in [0.2, 0.25) is 0 Å². The molecule has 0 saturated heterocycles. The number of hydrogen-bond acceptors (Lipinski definition) is 5. The van der Waals surface area contributed by atoms with Gasteiger partial charge in [0.05, 0.1) is 20.3 Å². The number of esters is 1. The van der Waals surface area contributed by atoms with Crippen molar-refractivity contribution in [1.29, 1.82) is 5.26 Å². The molecule has 0 bridgehead atoms. The van der Waals surface area contributed by atoms with Crippen molar-refractivity contribution in [2.45, 2.75) is 6.04 Å². The molecule has 0 fully saturated rings. The second kappa shape index (κ2) is 4.98. The summed E-state index contributed by atoms with van der Waals surface area (Å²) in [7, 11) is 2.74. The fourth-order valence-corrected chi connectivity index (χ4v) is 2.03. The summed E-state index contributed by atoms with van der Waals surface area (Å²) in [6.45, 7) is -0.245. The van der Waals surface area contributed by atoms with Gasteiger partial charge < -0.3 is 14.4 Å². The number of methoxy groups -OCH3 is 2. The van der Waals surface area contributed by atoms with Gasteiger partial charge in [-0.05, 0) is 18.2 Å². The number of carbonyl (C=O) groups excluding carboxylic acids is 2. The van der Waals surface area contributed by atoms with Gasteiger partial charge in [-0.25, -0.2) is 0 Å². The minimum Gasteiger partial charge on any atom is -0.497 e. The molecule has 1 aliphatic heterocycles. The fraction of sp³-hybridized carbons (Fsp3) is 0.308. The van der Waals surface area contributed by atoms with Crippen LogP contribution in [0.3, 0.4) is 0 Å². The largest absolute Gasteiger partial charge is 0.497 e. The molecular formula is C13H12N2O4. The van der Waals surface area contributed by atoms with Crippen LogP contribution in [-0.4, -0.2) is 37.5 Å². The molecular weight excluding hydrogens is 248 g/mol. The topological polar surface area (TPSA) is 79.6 Å². The summed E-state index contributed by atoms with van der Waals surface area (Å²) in [6.07, 6.45) is 0. The zero-order chi connectivity index (χ0) is 14.0. The monoisotopic (exact) mass is 260 g/mol. The molecule has 0 aromatic heterocycles. The van der Waals surface area contributed by atoms with Gasteiger partial charge in [0.1, 0.15) is 18.3 Å². The minimum absolute atomic E-state index is 0.245. The van der Waals surface area contributed by atoms with E-state index in [1.165, 1.54) is 19.1 Å². The molecule has 1 heterocycles. The molecule has 2 rings (SSSR count). The number of nitriles is 1. The lowest BCUT2D eigenvalue weighted by atomic mass is 10.1. The molecule has 0 saturated carbocycles. The summed E-state index contributed by atoms with van der Waals surface area (Å²) in [5.41, 5.74) is 0.965. The van der Waals surface area contributed by atoms with Crippen molar-refractivity contribution in [3.05, 3.63) is 29.3 Å². The van der Waals surface area contributed by atoms with Crippen molar-refractivity contribution in [2.24, 2.45) is 0 Å². The number of nitrogens with zero attached hydrogens (tertiary/aromatic N) is 2. The molecule has 19 heavy (non-hydrogen) atoms. The average molecular weight is 260 g/mol. The quantitative estimate of drug-likeness (QED) is 0.754. The number of fused-ring (bicyclic) bond motifs is 1. The van der Waals surface area contributed by atoms with E-state index in [1.54, 1.807) is 18.2 Å². The van der Waals surface area contributed by atoms with Crippen molar-refractivity contribution < 1.29 is 19.1 Å². The van der Waals surface area contributed by atoms with Gasteiger partial charge in [-0.1, -0.05) is 0 Å². The van der Waals surface area contributed by atoms with E-state index in [0.29, 0.717) is 16.9 Å². The summed E-state index contributed by atoms with van der Waals surface area (Å²) in [5.74, 6) is -0.352. The normalized spacial score (nSPS) is 16.8. The maximum atomic E-state index is 12.1. The number of ether oxygens (including phenoxy) is 2. The van der Waals surface area contributed by atoms with Gasteiger partial charge in [-0.2, -0.15) is 5.26 Å². The van der Waals surface area contributed by atoms with E-state index in [0.717, 1.165) is 0 Å². The molecule has 98 valence electrons. The van der Waals surface area contributed by atoms with Crippen LogP contribution in [0.15, 0.2) is 18.2 Å². The molecule has 0 N–H and O–H groups in total. The fourth-order valence-electron chi connectivity index (χ4n) is 2.03. The van der Waals surface area contributed by atoms with E-state index >= 15 is 0 Å². The van der Waals surface area contributed by atoms with Crippen LogP contribution >= 0.6 is 0 Å². The third kappa shape index (κ3) is 2.10. The Morgan fingerprint density at radius 3 is 2.79 bits per heavy atom. The minimum atomic E-state index is -0.795. The second-order valence-corrected chi connectivity index (χ2v) is 3.99. The first-order chi connectivity index (χ1) is 9.12. The van der Waals surface area contributed by atoms with Crippen LogP contribution in [-0.2, 0) is 9.53 Å². The highest BCUT2D eigenvalue weighted by molar-refractivity contribution is 6.01. The van der Waals surface area contributed by atoms with E-state index < -0.39 is 12.0 Å². The lowest BCUT2D eigenvalue weighted by Gasteiger charge is -2.18. The van der Waals surface area contributed by atoms with Crippen molar-refractivity contribution in [3.8, 4) is 11.8 Å². The Bertz CT molecular complexity index is 576. The van der Waals surface area contributed by atoms with Crippen LogP contribution in [0.4, 0.5) is 0 Å². The van der Waals surface area contributed by atoms with E-state index in [1.807, 2.05) is 6.07 Å². The zero-order valence-electron chi connectivity index (χ0n) is 10.5. The Labute approximate surface area is 110 Å². The first-order valence-electron chi connectivity index (χ1n) is 5.57. The molecule has 1 atom stereocenters. The van der Waals surface area contributed by atoms with Crippen LogP contribution in [0.1, 0.15) is 22.0 Å². The van der Waals surface area contributed by atoms with Crippen molar-refractivity contribution >= 4 is 11.9 Å². The van der Waals surface area contributed by atoms with Gasteiger partial charge in [-0.3, -0.25) is 9.59 Å². The number of benzene rings is 1. The standard InChI is InChI=1S/C13H12N2O4/c1-18-8-3-4-9-10(5-8)11(6-14)15(13(9)17)7-12(16)19-2/h3-5,11H,7H2,1-2H3. The number of hydrogen-bond donors (Lipinski definition) is 0. The molecule has 0 aliphatic carbocycles. The Morgan fingerprint density at radius 1 is 1.47 bits per heavy atom. The molecule has 1 aromatic rings. The number of rotatable bonds is 3. The van der Waals surface area contributed by atoms with E-state index in [4.69, 9.17) is 4.74 Å². The van der Waals surface area contributed by atoms with Gasteiger partial charge in [0.2, 0.25) is 0 Å². The molecule has 6 nitrogen and oxygen atoms in total. The Kier molecular flexibility index (Phi) is 3.38. The summed E-state index contributed by atoms with van der Waals surface area (Å²) in [5, 5.41) is 9.21. The molecule has 1 amide bonds.